The van der Waals surface area contributed by atoms with Gasteiger partial charge < -0.3 is 5.32 Å². The van der Waals surface area contributed by atoms with E-state index in [-0.39, 0.29) is 0 Å². The smallest absolute Gasteiger partial charge is 0.332 e. The molecule has 4 nitrogen and oxygen atoms in total. The average Bonchev–Trinajstić information content (AvgIpc) is 2.62. The summed E-state index contributed by atoms with van der Waals surface area (Å²) in [6, 6.07) is 5.40. The van der Waals surface area contributed by atoms with Gasteiger partial charge in [-0.2, -0.15) is 0 Å². The Morgan fingerprint density at radius 2 is 2.08 bits per heavy atom. The molecule has 0 unspecified atom stereocenters. The first kappa shape index (κ1) is 20.8. The molecule has 0 saturated carbocycles. The Bertz CT molecular complexity index is 690. The molecule has 5 heteroatoms. The van der Waals surface area contributed by atoms with Gasteiger partial charge in [-0.3, -0.25) is 4.99 Å². The first-order valence-corrected chi connectivity index (χ1v) is 8.79. The number of urea groups is 1. The van der Waals surface area contributed by atoms with Crippen molar-refractivity contribution < 1.29 is 4.79 Å². The van der Waals surface area contributed by atoms with Gasteiger partial charge in [0.25, 0.3) is 0 Å². The number of hydrogen-bond acceptors (Lipinski definition) is 2. The number of aliphatic imine (C=N–C) groups is 2. The van der Waals surface area contributed by atoms with E-state index in [4.69, 9.17) is 11.6 Å². The van der Waals surface area contributed by atoms with Crippen LogP contribution in [0.1, 0.15) is 37.8 Å². The van der Waals surface area contributed by atoms with Crippen molar-refractivity contribution in [2.75, 3.05) is 7.05 Å². The molecule has 0 aromatic heterocycles. The molecule has 1 N–H and O–H groups in total. The summed E-state index contributed by atoms with van der Waals surface area (Å²) < 4.78 is 0. The lowest BCUT2D eigenvalue weighted by Gasteiger charge is -2.07. The summed E-state index contributed by atoms with van der Waals surface area (Å²) in [7, 11) is 1.76. The van der Waals surface area contributed by atoms with Crippen molar-refractivity contribution in [3.8, 4) is 0 Å². The maximum absolute atomic E-state index is 11.8. The van der Waals surface area contributed by atoms with Gasteiger partial charge in [0.05, 0.1) is 0 Å². The van der Waals surface area contributed by atoms with Crippen LogP contribution in [0.2, 0.25) is 5.02 Å². The van der Waals surface area contributed by atoms with Crippen molar-refractivity contribution in [2.24, 2.45) is 9.98 Å². The summed E-state index contributed by atoms with van der Waals surface area (Å²) in [5.74, 6) is 0. The molecule has 1 aromatic carbocycles. The van der Waals surface area contributed by atoms with Crippen molar-refractivity contribution in [1.82, 2.24) is 5.32 Å². The lowest BCUT2D eigenvalue weighted by Crippen LogP contribution is -2.19. The van der Waals surface area contributed by atoms with Crippen LogP contribution in [0, 0.1) is 0 Å². The van der Waals surface area contributed by atoms with Crippen LogP contribution in [-0.4, -0.2) is 25.0 Å². The van der Waals surface area contributed by atoms with Crippen molar-refractivity contribution >= 4 is 29.6 Å². The first-order valence-electron chi connectivity index (χ1n) is 8.42. The highest BCUT2D eigenvalue weighted by Crippen LogP contribution is 2.17. The van der Waals surface area contributed by atoms with Crippen LogP contribution in [0.4, 0.5) is 4.79 Å². The molecule has 2 amide bonds. The minimum Gasteiger partial charge on any atom is -0.332 e. The Balaban J connectivity index is 2.55. The van der Waals surface area contributed by atoms with Crippen LogP contribution in [0.5, 0.6) is 0 Å². The molecular weight excluding hydrogens is 334 g/mol. The monoisotopic (exact) mass is 359 g/mol. The van der Waals surface area contributed by atoms with Crippen molar-refractivity contribution in [3.63, 3.8) is 0 Å². The third-order valence-electron chi connectivity index (χ3n) is 3.58. The molecular formula is C20H26ClN3O. The number of benzene rings is 1. The predicted octanol–water partition coefficient (Wildman–Crippen LogP) is 5.17. The zero-order valence-corrected chi connectivity index (χ0v) is 15.9. The van der Waals surface area contributed by atoms with Crippen LogP contribution in [-0.2, 0) is 13.0 Å². The van der Waals surface area contributed by atoms with E-state index in [1.165, 1.54) is 11.8 Å². The van der Waals surface area contributed by atoms with Crippen molar-refractivity contribution in [3.05, 3.63) is 58.7 Å². The Hall–Kier alpha value is -2.20. The second-order valence-corrected chi connectivity index (χ2v) is 5.98. The third-order valence-corrected chi connectivity index (χ3v) is 3.95. The molecule has 0 aliphatic heterocycles. The van der Waals surface area contributed by atoms with Gasteiger partial charge in [-0.1, -0.05) is 56.7 Å². The Morgan fingerprint density at radius 3 is 2.72 bits per heavy atom. The molecule has 1 aromatic rings. The normalized spacial score (nSPS) is 12.1. The molecule has 1 rings (SSSR count). The molecule has 0 radical (unpaired) electrons. The predicted molar refractivity (Wildman–Crippen MR) is 108 cm³/mol. The number of nitrogens with one attached hydrogen (secondary N) is 1. The summed E-state index contributed by atoms with van der Waals surface area (Å²) in [6.45, 7) is 8.37. The largest absolute Gasteiger partial charge is 0.341 e. The van der Waals surface area contributed by atoms with Crippen LogP contribution in [0.3, 0.4) is 0 Å². The summed E-state index contributed by atoms with van der Waals surface area (Å²) in [5, 5.41) is 3.37. The summed E-state index contributed by atoms with van der Waals surface area (Å²) in [4.78, 5) is 19.9. The zero-order valence-electron chi connectivity index (χ0n) is 15.2. The highest BCUT2D eigenvalue weighted by molar-refractivity contribution is 6.31. The van der Waals surface area contributed by atoms with Gasteiger partial charge in [-0.05, 0) is 41.7 Å². The SMILES string of the molecule is C=C(C=NC(=O)NCc1cc(CC)ccc1Cl)/C=C\C(CCC)=NC. The van der Waals surface area contributed by atoms with Gasteiger partial charge in [-0.25, -0.2) is 9.79 Å². The van der Waals surface area contributed by atoms with Gasteiger partial charge in [-0.15, -0.1) is 0 Å². The third kappa shape index (κ3) is 7.94. The molecule has 0 bridgehead atoms. The Morgan fingerprint density at radius 1 is 1.32 bits per heavy atom. The van der Waals surface area contributed by atoms with E-state index in [1.54, 1.807) is 13.1 Å². The number of nitrogens with zero attached hydrogens (tertiary/aromatic N) is 2. The second-order valence-electron chi connectivity index (χ2n) is 5.57. The number of aryl methyl sites for hydroxylation is 1. The van der Waals surface area contributed by atoms with Gasteiger partial charge in [0.15, 0.2) is 0 Å². The maximum Gasteiger partial charge on any atom is 0.341 e. The molecule has 134 valence electrons. The molecule has 0 spiro atoms. The lowest BCUT2D eigenvalue weighted by molar-refractivity contribution is 0.249. The lowest BCUT2D eigenvalue weighted by atomic mass is 10.1. The van der Waals surface area contributed by atoms with E-state index < -0.39 is 6.03 Å². The number of carbonyl (C=O) groups is 1. The van der Waals surface area contributed by atoms with Crippen molar-refractivity contribution in [2.45, 2.75) is 39.7 Å². The molecule has 0 heterocycles. The number of rotatable bonds is 8. The van der Waals surface area contributed by atoms with Crippen LogP contribution >= 0.6 is 11.6 Å². The number of allylic oxidation sites excluding steroid dienone is 3. The second kappa shape index (κ2) is 11.4. The van der Waals surface area contributed by atoms with Gasteiger partial charge in [0.2, 0.25) is 0 Å². The fraction of sp³-hybridized carbons (Fsp3) is 0.350. The van der Waals surface area contributed by atoms with Gasteiger partial charge >= 0.3 is 6.03 Å². The van der Waals surface area contributed by atoms with Gasteiger partial charge in [0, 0.05) is 30.5 Å². The van der Waals surface area contributed by atoms with E-state index in [2.05, 4.69) is 35.7 Å². The molecule has 0 aliphatic carbocycles. The summed E-state index contributed by atoms with van der Waals surface area (Å²) in [5.41, 5.74) is 3.69. The maximum atomic E-state index is 11.8. The van der Waals surface area contributed by atoms with Crippen LogP contribution in [0.15, 0.2) is 52.5 Å². The van der Waals surface area contributed by atoms with E-state index in [0.717, 1.165) is 30.5 Å². The number of hydrogen-bond donors (Lipinski definition) is 1. The minimum atomic E-state index is -0.426. The quantitative estimate of drug-likeness (QED) is 0.505. The highest BCUT2D eigenvalue weighted by atomic mass is 35.5. The van der Waals surface area contributed by atoms with Crippen LogP contribution < -0.4 is 5.32 Å². The van der Waals surface area contributed by atoms with Gasteiger partial charge in [0.1, 0.15) is 0 Å². The average molecular weight is 360 g/mol. The standard InChI is InChI=1S/C20H26ClN3O/c1-5-7-18(22-4)10-8-15(3)13-23-20(25)24-14-17-12-16(6-2)9-11-19(17)21/h8-13H,3,5-7,14H2,1-2,4H3,(H,24,25)/b10-8-,22-18?,23-13?. The molecule has 0 fully saturated rings. The Kier molecular flexibility index (Phi) is 9.48. The van der Waals surface area contributed by atoms with E-state index in [1.807, 2.05) is 24.3 Å². The van der Waals surface area contributed by atoms with Crippen LogP contribution in [0.25, 0.3) is 0 Å². The number of carbonyl (C=O) groups excluding carboxylic acids is 1. The number of amides is 2. The van der Waals surface area contributed by atoms with E-state index in [9.17, 15) is 4.79 Å². The number of halogens is 1. The van der Waals surface area contributed by atoms with E-state index in [0.29, 0.717) is 17.1 Å². The summed E-state index contributed by atoms with van der Waals surface area (Å²) in [6.07, 6.45) is 8.00. The summed E-state index contributed by atoms with van der Waals surface area (Å²) >= 11 is 6.15. The molecule has 0 aliphatic rings. The van der Waals surface area contributed by atoms with E-state index >= 15 is 0 Å². The molecule has 25 heavy (non-hydrogen) atoms. The fourth-order valence-electron chi connectivity index (χ4n) is 2.11. The topological polar surface area (TPSA) is 53.8 Å². The minimum absolute atomic E-state index is 0.342. The highest BCUT2D eigenvalue weighted by Gasteiger charge is 2.03. The molecule has 0 atom stereocenters. The fourth-order valence-corrected chi connectivity index (χ4v) is 2.30. The Labute approximate surface area is 155 Å². The van der Waals surface area contributed by atoms with Crippen molar-refractivity contribution in [1.29, 1.82) is 0 Å². The zero-order chi connectivity index (χ0) is 18.7. The molecule has 0 saturated heterocycles. The first-order chi connectivity index (χ1) is 12.0.